The maximum absolute atomic E-state index is 11.3. The van der Waals surface area contributed by atoms with Gasteiger partial charge in [-0.25, -0.2) is 4.68 Å². The molecule has 0 fully saturated rings. The van der Waals surface area contributed by atoms with E-state index in [-0.39, 0.29) is 17.1 Å². The lowest BCUT2D eigenvalue weighted by Gasteiger charge is -2.07. The number of nitro benzene ring substituents is 1. The lowest BCUT2D eigenvalue weighted by molar-refractivity contribution is -0.384. The lowest BCUT2D eigenvalue weighted by Crippen LogP contribution is -2.14. The number of nitrogens with zero attached hydrogens (tertiary/aromatic N) is 4. The molecule has 0 saturated heterocycles. The number of hydrogen-bond donors (Lipinski definition) is 2. The number of benzene rings is 1. The van der Waals surface area contributed by atoms with Gasteiger partial charge in [-0.2, -0.15) is 5.10 Å². The van der Waals surface area contributed by atoms with Crippen LogP contribution in [0.4, 0.5) is 5.69 Å². The summed E-state index contributed by atoms with van der Waals surface area (Å²) in [5.41, 5.74) is 7.31. The van der Waals surface area contributed by atoms with Crippen LogP contribution in [-0.4, -0.2) is 25.7 Å². The van der Waals surface area contributed by atoms with E-state index in [9.17, 15) is 10.1 Å². The molecule has 21 heavy (non-hydrogen) atoms. The number of nitrogens with two attached hydrogens (primary N) is 1. The van der Waals surface area contributed by atoms with E-state index >= 15 is 0 Å². The number of oxime groups is 1. The van der Waals surface area contributed by atoms with Crippen LogP contribution in [0.3, 0.4) is 0 Å². The number of rotatable bonds is 3. The van der Waals surface area contributed by atoms with Crippen molar-refractivity contribution in [2.24, 2.45) is 10.9 Å². The van der Waals surface area contributed by atoms with Crippen LogP contribution in [0.25, 0.3) is 5.69 Å². The minimum absolute atomic E-state index is 0.183. The Labute approximate surface area is 128 Å². The number of hydrogen-bond acceptors (Lipinski definition) is 5. The number of aryl methyl sites for hydroxylation is 1. The molecule has 0 aliphatic heterocycles. The second-order valence-electron chi connectivity index (χ2n) is 4.34. The summed E-state index contributed by atoms with van der Waals surface area (Å²) in [6.07, 6.45) is 0. The molecule has 0 aliphatic carbocycles. The minimum atomic E-state index is -0.534. The Morgan fingerprint density at radius 3 is 2.67 bits per heavy atom. The summed E-state index contributed by atoms with van der Waals surface area (Å²) in [4.78, 5) is 10.7. The molecular weight excluding hydrogens is 342 g/mol. The van der Waals surface area contributed by atoms with Gasteiger partial charge in [0.1, 0.15) is 5.69 Å². The van der Waals surface area contributed by atoms with E-state index in [0.717, 1.165) is 15.9 Å². The Balaban J connectivity index is 2.69. The molecule has 0 aliphatic rings. The first kappa shape index (κ1) is 15.0. The van der Waals surface area contributed by atoms with Gasteiger partial charge in [0.15, 0.2) is 5.84 Å². The second kappa shape index (κ2) is 5.52. The van der Waals surface area contributed by atoms with Crippen LogP contribution in [0.2, 0.25) is 0 Å². The average Bonchev–Trinajstić information content (AvgIpc) is 2.73. The molecule has 8 nitrogen and oxygen atoms in total. The molecule has 1 aromatic heterocycles. The fraction of sp³-hybridized carbons (Fsp3) is 0.167. The molecule has 1 aromatic carbocycles. The zero-order chi connectivity index (χ0) is 15.7. The third-order valence-electron chi connectivity index (χ3n) is 3.01. The van der Waals surface area contributed by atoms with Gasteiger partial charge < -0.3 is 10.9 Å². The van der Waals surface area contributed by atoms with Crippen molar-refractivity contribution in [2.45, 2.75) is 13.8 Å². The van der Waals surface area contributed by atoms with Crippen molar-refractivity contribution in [1.82, 2.24) is 9.78 Å². The number of halogens is 1. The molecular formula is C12H12BrN5O3. The molecule has 110 valence electrons. The first-order valence-electron chi connectivity index (χ1n) is 5.85. The molecule has 0 bridgehead atoms. The first-order valence-corrected chi connectivity index (χ1v) is 6.64. The number of aromatic nitrogens is 2. The predicted molar refractivity (Wildman–Crippen MR) is 79.9 cm³/mol. The average molecular weight is 354 g/mol. The Bertz CT molecular complexity index is 754. The Morgan fingerprint density at radius 2 is 2.19 bits per heavy atom. The van der Waals surface area contributed by atoms with Gasteiger partial charge in [-0.15, -0.1) is 0 Å². The van der Waals surface area contributed by atoms with Crippen molar-refractivity contribution < 1.29 is 10.1 Å². The highest BCUT2D eigenvalue weighted by Crippen LogP contribution is 2.29. The van der Waals surface area contributed by atoms with E-state index in [1.54, 1.807) is 13.8 Å². The summed E-state index contributed by atoms with van der Waals surface area (Å²) in [7, 11) is 0. The fourth-order valence-electron chi connectivity index (χ4n) is 1.92. The molecule has 2 rings (SSSR count). The van der Waals surface area contributed by atoms with Crippen molar-refractivity contribution in [1.29, 1.82) is 0 Å². The quantitative estimate of drug-likeness (QED) is 0.288. The zero-order valence-corrected chi connectivity index (χ0v) is 12.8. The number of nitro groups is 1. The van der Waals surface area contributed by atoms with Crippen LogP contribution in [0.1, 0.15) is 17.0 Å². The van der Waals surface area contributed by atoms with Crippen molar-refractivity contribution in [3.05, 3.63) is 49.7 Å². The first-order chi connectivity index (χ1) is 9.86. The van der Waals surface area contributed by atoms with Crippen molar-refractivity contribution >= 4 is 27.5 Å². The summed E-state index contributed by atoms with van der Waals surface area (Å²) < 4.78 is 2.27. The molecule has 0 amide bonds. The van der Waals surface area contributed by atoms with Crippen molar-refractivity contribution in [2.75, 3.05) is 0 Å². The van der Waals surface area contributed by atoms with Gasteiger partial charge in [0.25, 0.3) is 5.69 Å². The summed E-state index contributed by atoms with van der Waals surface area (Å²) >= 11 is 3.38. The maximum atomic E-state index is 11.3. The van der Waals surface area contributed by atoms with Gasteiger partial charge in [-0.05, 0) is 41.9 Å². The van der Waals surface area contributed by atoms with Gasteiger partial charge in [0, 0.05) is 11.6 Å². The molecule has 0 unspecified atom stereocenters. The van der Waals surface area contributed by atoms with Crippen LogP contribution in [-0.2, 0) is 0 Å². The molecule has 2 aromatic rings. The largest absolute Gasteiger partial charge is 0.409 e. The van der Waals surface area contributed by atoms with Gasteiger partial charge in [-0.1, -0.05) is 5.16 Å². The molecule has 3 N–H and O–H groups in total. The van der Waals surface area contributed by atoms with E-state index in [1.807, 2.05) is 0 Å². The van der Waals surface area contributed by atoms with Gasteiger partial charge in [0.05, 0.1) is 20.8 Å². The molecule has 1 heterocycles. The van der Waals surface area contributed by atoms with Gasteiger partial charge in [0.2, 0.25) is 0 Å². The van der Waals surface area contributed by atoms with E-state index in [0.29, 0.717) is 5.69 Å². The third-order valence-corrected chi connectivity index (χ3v) is 4.15. The van der Waals surface area contributed by atoms with E-state index in [2.05, 4.69) is 26.2 Å². The van der Waals surface area contributed by atoms with Crippen molar-refractivity contribution in [3.63, 3.8) is 0 Å². The SMILES string of the molecule is Cc1nn(-c2ccc(C(N)=NO)cc2[N+](=O)[O-])c(C)c1Br. The topological polar surface area (TPSA) is 120 Å². The Hall–Kier alpha value is -2.42. The maximum Gasteiger partial charge on any atom is 0.295 e. The van der Waals surface area contributed by atoms with Crippen LogP contribution in [0, 0.1) is 24.0 Å². The molecule has 9 heteroatoms. The Morgan fingerprint density at radius 1 is 1.52 bits per heavy atom. The molecule has 0 spiro atoms. The van der Waals surface area contributed by atoms with Gasteiger partial charge in [-0.3, -0.25) is 10.1 Å². The minimum Gasteiger partial charge on any atom is -0.409 e. The van der Waals surface area contributed by atoms with Crippen molar-refractivity contribution in [3.8, 4) is 5.69 Å². The molecule has 0 saturated carbocycles. The highest BCUT2D eigenvalue weighted by Gasteiger charge is 2.21. The van der Waals surface area contributed by atoms with Crippen LogP contribution in [0.5, 0.6) is 0 Å². The summed E-state index contributed by atoms with van der Waals surface area (Å²) in [5, 5.41) is 27.0. The smallest absolute Gasteiger partial charge is 0.295 e. The molecule has 0 atom stereocenters. The van der Waals surface area contributed by atoms with Gasteiger partial charge >= 0.3 is 0 Å². The second-order valence-corrected chi connectivity index (χ2v) is 5.14. The Kier molecular flexibility index (Phi) is 3.94. The highest BCUT2D eigenvalue weighted by atomic mass is 79.9. The predicted octanol–water partition coefficient (Wildman–Crippen LogP) is 2.25. The standard InChI is InChI=1S/C12H12BrN5O3/c1-6-11(13)7(2)17(15-6)9-4-3-8(12(14)16-19)5-10(9)18(20)21/h3-5,19H,1-2H3,(H2,14,16). The summed E-state index contributed by atoms with van der Waals surface area (Å²) in [6, 6.07) is 4.29. The zero-order valence-electron chi connectivity index (χ0n) is 11.2. The summed E-state index contributed by atoms with van der Waals surface area (Å²) in [5.74, 6) is -0.195. The van der Waals surface area contributed by atoms with E-state index < -0.39 is 4.92 Å². The van der Waals surface area contributed by atoms with Crippen LogP contribution >= 0.6 is 15.9 Å². The molecule has 0 radical (unpaired) electrons. The fourth-order valence-corrected chi connectivity index (χ4v) is 2.17. The normalized spacial score (nSPS) is 11.7. The summed E-state index contributed by atoms with van der Waals surface area (Å²) in [6.45, 7) is 3.59. The van der Waals surface area contributed by atoms with E-state index in [1.165, 1.54) is 22.9 Å². The van der Waals surface area contributed by atoms with Crippen LogP contribution < -0.4 is 5.73 Å². The highest BCUT2D eigenvalue weighted by molar-refractivity contribution is 9.10. The third kappa shape index (κ3) is 2.59. The van der Waals surface area contributed by atoms with Crippen LogP contribution in [0.15, 0.2) is 27.8 Å². The monoisotopic (exact) mass is 353 g/mol. The lowest BCUT2D eigenvalue weighted by atomic mass is 10.1. The van der Waals surface area contributed by atoms with E-state index in [4.69, 9.17) is 10.9 Å². The number of amidine groups is 1.